The van der Waals surface area contributed by atoms with Gasteiger partial charge >= 0.3 is 0 Å². The molecule has 0 saturated heterocycles. The molecule has 0 unspecified atom stereocenters. The molecule has 0 aromatic heterocycles. The molecule has 0 bridgehead atoms. The fraction of sp³-hybridized carbons (Fsp3) is 0. The molecule has 5 heteroatoms. The van der Waals surface area contributed by atoms with E-state index in [1.54, 1.807) is 48.5 Å². The second-order valence-electron chi connectivity index (χ2n) is 3.94. The third kappa shape index (κ3) is 3.67. The minimum Gasteiger partial charge on any atom is -0.267 e. The molecule has 0 saturated carbocycles. The highest BCUT2D eigenvalue weighted by Crippen LogP contribution is 2.09. The Kier molecular flexibility index (Phi) is 4.48. The van der Waals surface area contributed by atoms with Crippen molar-refractivity contribution in [2.75, 3.05) is 0 Å². The smallest absolute Gasteiger partial charge is 0.267 e. The molecule has 0 aliphatic heterocycles. The van der Waals surface area contributed by atoms with Crippen LogP contribution < -0.4 is 5.43 Å². The molecule has 20 heavy (non-hydrogen) atoms. The normalized spacial score (nSPS) is 10.2. The van der Waals surface area contributed by atoms with Gasteiger partial charge < -0.3 is 0 Å². The van der Waals surface area contributed by atoms with Crippen LogP contribution in [0.4, 0.5) is 0 Å². The zero-order valence-electron chi connectivity index (χ0n) is 10.4. The van der Waals surface area contributed by atoms with Gasteiger partial charge in [-0.25, -0.2) is 5.43 Å². The third-order valence-corrected chi connectivity index (χ3v) is 2.78. The van der Waals surface area contributed by atoms with Gasteiger partial charge in [-0.15, -0.1) is 0 Å². The van der Waals surface area contributed by atoms with Crippen LogP contribution in [-0.4, -0.2) is 12.1 Å². The molecule has 0 heterocycles. The third-order valence-electron chi connectivity index (χ3n) is 2.53. The monoisotopic (exact) mass is 283 g/mol. The first-order valence-electron chi connectivity index (χ1n) is 5.78. The van der Waals surface area contributed by atoms with Gasteiger partial charge in [0.15, 0.2) is 0 Å². The fourth-order valence-corrected chi connectivity index (χ4v) is 1.60. The second kappa shape index (κ2) is 6.50. The number of hydrogen-bond acceptors (Lipinski definition) is 3. The van der Waals surface area contributed by atoms with Crippen molar-refractivity contribution in [3.63, 3.8) is 0 Å². The lowest BCUT2D eigenvalue weighted by molar-refractivity contribution is 0.0955. The van der Waals surface area contributed by atoms with Gasteiger partial charge in [0.1, 0.15) is 0 Å². The van der Waals surface area contributed by atoms with Crippen molar-refractivity contribution >= 4 is 23.7 Å². The van der Waals surface area contributed by atoms with Crippen molar-refractivity contribution in [2.24, 2.45) is 5.10 Å². The number of hydrazone groups is 1. The Balaban J connectivity index is 1.97. The first-order chi connectivity index (χ1) is 9.69. The highest BCUT2D eigenvalue weighted by atomic mass is 35.5. The predicted molar refractivity (Wildman–Crippen MR) is 77.7 cm³/mol. The lowest BCUT2D eigenvalue weighted by Crippen LogP contribution is -2.17. The van der Waals surface area contributed by atoms with Gasteiger partial charge in [0.25, 0.3) is 5.91 Å². The van der Waals surface area contributed by atoms with E-state index in [-0.39, 0.29) is 5.91 Å². The van der Waals surface area contributed by atoms with Gasteiger partial charge in [-0.05, 0) is 42.0 Å². The lowest BCUT2D eigenvalue weighted by atomic mass is 10.2. The van der Waals surface area contributed by atoms with Crippen LogP contribution >= 0.6 is 11.6 Å². The molecule has 1 amide bonds. The van der Waals surface area contributed by atoms with Gasteiger partial charge in [0.2, 0.25) is 0 Å². The molecule has 0 fully saturated rings. The predicted octanol–water partition coefficient (Wildman–Crippen LogP) is 2.98. The standard InChI is InChI=1S/C15H10ClN3O/c16-14-7-5-13(6-8-14)15(20)19-18-10-12-3-1-11(9-17)2-4-12/h1-8,10H,(H,19,20)/b18-10+. The van der Waals surface area contributed by atoms with Crippen molar-refractivity contribution in [3.05, 3.63) is 70.2 Å². The molecule has 1 N–H and O–H groups in total. The van der Waals surface area contributed by atoms with Crippen LogP contribution in [0, 0.1) is 11.3 Å². The van der Waals surface area contributed by atoms with Gasteiger partial charge in [0.05, 0.1) is 17.8 Å². The number of carbonyl (C=O) groups is 1. The molecular formula is C15H10ClN3O. The lowest BCUT2D eigenvalue weighted by Gasteiger charge is -1.99. The number of halogens is 1. The SMILES string of the molecule is N#Cc1ccc(/C=N/NC(=O)c2ccc(Cl)cc2)cc1. The molecule has 0 radical (unpaired) electrons. The zero-order valence-corrected chi connectivity index (χ0v) is 11.1. The number of nitriles is 1. The second-order valence-corrected chi connectivity index (χ2v) is 4.38. The van der Waals surface area contributed by atoms with Gasteiger partial charge in [-0.3, -0.25) is 4.79 Å². The fourth-order valence-electron chi connectivity index (χ4n) is 1.47. The van der Waals surface area contributed by atoms with E-state index in [0.717, 1.165) is 5.56 Å². The Morgan fingerprint density at radius 2 is 1.80 bits per heavy atom. The van der Waals surface area contributed by atoms with E-state index in [4.69, 9.17) is 16.9 Å². The average Bonchev–Trinajstić information content (AvgIpc) is 2.48. The molecule has 98 valence electrons. The number of nitrogens with zero attached hydrogens (tertiary/aromatic N) is 2. The quantitative estimate of drug-likeness (QED) is 0.695. The number of carbonyl (C=O) groups excluding carboxylic acids is 1. The highest BCUT2D eigenvalue weighted by Gasteiger charge is 2.02. The summed E-state index contributed by atoms with van der Waals surface area (Å²) in [5.41, 5.74) is 4.26. The van der Waals surface area contributed by atoms with E-state index in [1.165, 1.54) is 6.21 Å². The number of nitrogens with one attached hydrogen (secondary N) is 1. The largest absolute Gasteiger partial charge is 0.271 e. The highest BCUT2D eigenvalue weighted by molar-refractivity contribution is 6.30. The Bertz CT molecular complexity index is 670. The van der Waals surface area contributed by atoms with E-state index in [1.807, 2.05) is 6.07 Å². The first-order valence-corrected chi connectivity index (χ1v) is 6.16. The maximum atomic E-state index is 11.7. The van der Waals surface area contributed by atoms with Gasteiger partial charge in [-0.1, -0.05) is 23.7 Å². The topological polar surface area (TPSA) is 65.2 Å². The van der Waals surface area contributed by atoms with Gasteiger partial charge in [-0.2, -0.15) is 10.4 Å². The first kappa shape index (κ1) is 13.8. The Morgan fingerprint density at radius 1 is 1.15 bits per heavy atom. The van der Waals surface area contributed by atoms with Crippen LogP contribution in [0.2, 0.25) is 5.02 Å². The molecule has 2 rings (SSSR count). The van der Waals surface area contributed by atoms with Crippen LogP contribution in [0.5, 0.6) is 0 Å². The van der Waals surface area contributed by atoms with E-state index in [0.29, 0.717) is 16.1 Å². The van der Waals surface area contributed by atoms with E-state index in [2.05, 4.69) is 10.5 Å². The minimum atomic E-state index is -0.313. The Labute approximate surface area is 121 Å². The van der Waals surface area contributed by atoms with Gasteiger partial charge in [0, 0.05) is 10.6 Å². The summed E-state index contributed by atoms with van der Waals surface area (Å²) < 4.78 is 0. The Morgan fingerprint density at radius 3 is 2.40 bits per heavy atom. The number of rotatable bonds is 3. The summed E-state index contributed by atoms with van der Waals surface area (Å²) in [6.07, 6.45) is 1.51. The maximum absolute atomic E-state index is 11.7. The molecule has 4 nitrogen and oxygen atoms in total. The summed E-state index contributed by atoms with van der Waals surface area (Å²) in [4.78, 5) is 11.7. The van der Waals surface area contributed by atoms with E-state index < -0.39 is 0 Å². The average molecular weight is 284 g/mol. The van der Waals surface area contributed by atoms with Crippen LogP contribution in [-0.2, 0) is 0 Å². The molecule has 0 aliphatic carbocycles. The minimum absolute atomic E-state index is 0.313. The molecule has 0 atom stereocenters. The number of hydrogen-bond donors (Lipinski definition) is 1. The summed E-state index contributed by atoms with van der Waals surface area (Å²) >= 11 is 5.74. The van der Waals surface area contributed by atoms with Crippen LogP contribution in [0.3, 0.4) is 0 Å². The van der Waals surface area contributed by atoms with Crippen molar-refractivity contribution in [2.45, 2.75) is 0 Å². The molecule has 2 aromatic carbocycles. The van der Waals surface area contributed by atoms with Crippen molar-refractivity contribution in [1.82, 2.24) is 5.43 Å². The number of benzene rings is 2. The molecule has 2 aromatic rings. The summed E-state index contributed by atoms with van der Waals surface area (Å²) in [7, 11) is 0. The summed E-state index contributed by atoms with van der Waals surface area (Å²) in [6, 6.07) is 15.4. The van der Waals surface area contributed by atoms with Crippen molar-refractivity contribution < 1.29 is 4.79 Å². The van der Waals surface area contributed by atoms with E-state index >= 15 is 0 Å². The van der Waals surface area contributed by atoms with Crippen LogP contribution in [0.1, 0.15) is 21.5 Å². The Hall–Kier alpha value is -2.64. The number of amides is 1. The zero-order chi connectivity index (χ0) is 14.4. The maximum Gasteiger partial charge on any atom is 0.271 e. The molecule has 0 spiro atoms. The van der Waals surface area contributed by atoms with Crippen LogP contribution in [0.15, 0.2) is 53.6 Å². The summed E-state index contributed by atoms with van der Waals surface area (Å²) in [6.45, 7) is 0. The van der Waals surface area contributed by atoms with E-state index in [9.17, 15) is 4.79 Å². The van der Waals surface area contributed by atoms with Crippen molar-refractivity contribution in [3.8, 4) is 6.07 Å². The summed E-state index contributed by atoms with van der Waals surface area (Å²) in [5.74, 6) is -0.313. The molecule has 0 aliphatic rings. The van der Waals surface area contributed by atoms with Crippen molar-refractivity contribution in [1.29, 1.82) is 5.26 Å². The summed E-state index contributed by atoms with van der Waals surface area (Å²) in [5, 5.41) is 13.1. The molecular weight excluding hydrogens is 274 g/mol. The van der Waals surface area contributed by atoms with Crippen LogP contribution in [0.25, 0.3) is 0 Å².